The van der Waals surface area contributed by atoms with Gasteiger partial charge in [-0.25, -0.2) is 9.79 Å². The average molecular weight is 268 g/mol. The number of carbonyl (C=O) groups excluding carboxylic acids is 2. The Labute approximate surface area is 114 Å². The average Bonchev–Trinajstić information content (AvgIpc) is 2.26. The second kappa shape index (κ2) is 5.85. The van der Waals surface area contributed by atoms with Gasteiger partial charge in [-0.1, -0.05) is 20.8 Å². The Kier molecular flexibility index (Phi) is 4.88. The first kappa shape index (κ1) is 15.9. The Balaban J connectivity index is 2.94. The monoisotopic (exact) mass is 268 g/mol. The normalized spacial score (nSPS) is 31.1. The van der Waals surface area contributed by atoms with Crippen molar-refractivity contribution in [1.29, 1.82) is 0 Å². The van der Waals surface area contributed by atoms with Crippen LogP contribution >= 0.6 is 0 Å². The Morgan fingerprint density at radius 3 is 2.63 bits per heavy atom. The third-order valence-corrected chi connectivity index (χ3v) is 3.90. The molecule has 0 radical (unpaired) electrons. The van der Waals surface area contributed by atoms with Crippen LogP contribution in [0.2, 0.25) is 0 Å². The summed E-state index contributed by atoms with van der Waals surface area (Å²) in [4.78, 5) is 26.2. The third-order valence-electron chi connectivity index (χ3n) is 3.90. The molecule has 0 aromatic rings. The zero-order chi connectivity index (χ0) is 14.7. The molecule has 0 aromatic heterocycles. The molecule has 1 rings (SSSR count). The van der Waals surface area contributed by atoms with E-state index in [1.807, 2.05) is 6.92 Å². The number of hydrogen-bond donors (Lipinski definition) is 1. The largest absolute Gasteiger partial charge is 0.465 e. The van der Waals surface area contributed by atoms with Crippen molar-refractivity contribution in [2.75, 3.05) is 6.61 Å². The summed E-state index contributed by atoms with van der Waals surface area (Å²) in [6.07, 6.45) is 3.86. The lowest BCUT2D eigenvalue weighted by Gasteiger charge is -2.47. The number of esters is 1. The maximum absolute atomic E-state index is 11.9. The minimum absolute atomic E-state index is 0.0118. The van der Waals surface area contributed by atoms with E-state index in [4.69, 9.17) is 10.5 Å². The second-order valence-electron chi connectivity index (χ2n) is 6.51. The van der Waals surface area contributed by atoms with Crippen LogP contribution in [0.3, 0.4) is 0 Å². The smallest absolute Gasteiger partial charge is 0.323 e. The number of hydrogen-bond acceptors (Lipinski definition) is 5. The molecule has 5 heteroatoms. The fourth-order valence-corrected chi connectivity index (χ4v) is 3.41. The summed E-state index contributed by atoms with van der Waals surface area (Å²) in [5.74, 6) is -0.378. The van der Waals surface area contributed by atoms with E-state index < -0.39 is 11.5 Å². The van der Waals surface area contributed by atoms with Crippen molar-refractivity contribution in [1.82, 2.24) is 0 Å². The quantitative estimate of drug-likeness (QED) is 0.479. The molecular formula is C14H24N2O3. The highest BCUT2D eigenvalue weighted by Crippen LogP contribution is 2.48. The van der Waals surface area contributed by atoms with Gasteiger partial charge in [-0.15, -0.1) is 0 Å². The highest BCUT2D eigenvalue weighted by Gasteiger charge is 2.47. The summed E-state index contributed by atoms with van der Waals surface area (Å²) in [5, 5.41) is 0. The molecular weight excluding hydrogens is 244 g/mol. The van der Waals surface area contributed by atoms with Crippen LogP contribution in [0.25, 0.3) is 0 Å². The maximum atomic E-state index is 11.9. The highest BCUT2D eigenvalue weighted by atomic mass is 16.5. The number of carbonyl (C=O) groups is 1. The zero-order valence-electron chi connectivity index (χ0n) is 12.2. The van der Waals surface area contributed by atoms with Crippen molar-refractivity contribution >= 4 is 12.0 Å². The van der Waals surface area contributed by atoms with Gasteiger partial charge in [-0.3, -0.25) is 4.79 Å². The van der Waals surface area contributed by atoms with E-state index in [-0.39, 0.29) is 17.4 Å². The van der Waals surface area contributed by atoms with Crippen molar-refractivity contribution in [3.8, 4) is 0 Å². The molecule has 108 valence electrons. The SMILES string of the molecule is CCOC(=O)C(N)C1(C)CC(N=C=O)CC(C)(C)C1. The van der Waals surface area contributed by atoms with Gasteiger partial charge in [0.05, 0.1) is 12.6 Å². The molecule has 3 atom stereocenters. The summed E-state index contributed by atoms with van der Waals surface area (Å²) in [7, 11) is 0. The van der Waals surface area contributed by atoms with Crippen LogP contribution < -0.4 is 5.73 Å². The van der Waals surface area contributed by atoms with Crippen LogP contribution in [0.4, 0.5) is 0 Å². The molecule has 0 bridgehead atoms. The molecule has 0 amide bonds. The van der Waals surface area contributed by atoms with Crippen LogP contribution in [-0.4, -0.2) is 30.7 Å². The molecule has 2 N–H and O–H groups in total. The lowest BCUT2D eigenvalue weighted by Crippen LogP contribution is -2.52. The molecule has 5 nitrogen and oxygen atoms in total. The van der Waals surface area contributed by atoms with Crippen LogP contribution in [0.1, 0.15) is 47.0 Å². The van der Waals surface area contributed by atoms with Gasteiger partial charge in [0.2, 0.25) is 6.08 Å². The van der Waals surface area contributed by atoms with Gasteiger partial charge in [0.25, 0.3) is 0 Å². The van der Waals surface area contributed by atoms with Crippen molar-refractivity contribution in [3.63, 3.8) is 0 Å². The van der Waals surface area contributed by atoms with Crippen molar-refractivity contribution in [2.45, 2.75) is 59.0 Å². The predicted octanol–water partition coefficient (Wildman–Crippen LogP) is 1.80. The van der Waals surface area contributed by atoms with Gasteiger partial charge in [0.15, 0.2) is 0 Å². The third kappa shape index (κ3) is 3.88. The minimum Gasteiger partial charge on any atom is -0.465 e. The first-order chi connectivity index (χ1) is 8.74. The van der Waals surface area contributed by atoms with Crippen molar-refractivity contribution in [3.05, 3.63) is 0 Å². The van der Waals surface area contributed by atoms with Crippen LogP contribution in [0.5, 0.6) is 0 Å². The second-order valence-corrected chi connectivity index (χ2v) is 6.51. The molecule has 0 heterocycles. The van der Waals surface area contributed by atoms with Crippen molar-refractivity contribution < 1.29 is 14.3 Å². The van der Waals surface area contributed by atoms with Gasteiger partial charge in [-0.05, 0) is 37.0 Å². The number of aliphatic imine (C=N–C) groups is 1. The molecule has 19 heavy (non-hydrogen) atoms. The molecule has 0 saturated heterocycles. The van der Waals surface area contributed by atoms with Gasteiger partial charge >= 0.3 is 5.97 Å². The lowest BCUT2D eigenvalue weighted by atomic mass is 9.60. The fourth-order valence-electron chi connectivity index (χ4n) is 3.41. The molecule has 1 aliphatic rings. The fraction of sp³-hybridized carbons (Fsp3) is 0.857. The summed E-state index contributed by atoms with van der Waals surface area (Å²) in [6, 6.07) is -0.803. The Morgan fingerprint density at radius 2 is 2.11 bits per heavy atom. The molecule has 1 aliphatic carbocycles. The molecule has 1 saturated carbocycles. The number of nitrogens with two attached hydrogens (primary N) is 1. The first-order valence-corrected chi connectivity index (χ1v) is 6.73. The number of rotatable bonds is 4. The van der Waals surface area contributed by atoms with E-state index in [0.717, 1.165) is 12.8 Å². The van der Waals surface area contributed by atoms with Gasteiger partial charge < -0.3 is 10.5 Å². The zero-order valence-corrected chi connectivity index (χ0v) is 12.2. The van der Waals surface area contributed by atoms with E-state index in [2.05, 4.69) is 18.8 Å². The Hall–Kier alpha value is -1.19. The summed E-state index contributed by atoms with van der Waals surface area (Å²) in [6.45, 7) is 8.27. The van der Waals surface area contributed by atoms with E-state index in [1.54, 1.807) is 13.0 Å². The maximum Gasteiger partial charge on any atom is 0.323 e. The predicted molar refractivity (Wildman–Crippen MR) is 72.3 cm³/mol. The summed E-state index contributed by atoms with van der Waals surface area (Å²) in [5.41, 5.74) is 5.66. The first-order valence-electron chi connectivity index (χ1n) is 6.73. The van der Waals surface area contributed by atoms with Gasteiger partial charge in [-0.2, -0.15) is 0 Å². The van der Waals surface area contributed by atoms with Gasteiger partial charge in [0.1, 0.15) is 6.04 Å². The number of ether oxygens (including phenoxy) is 1. The standard InChI is InChI=1S/C14H24N2O3/c1-5-19-12(18)11(15)14(4)7-10(16-9-17)6-13(2,3)8-14/h10-11H,5-8,15H2,1-4H3. The Morgan fingerprint density at radius 1 is 1.47 bits per heavy atom. The summed E-state index contributed by atoms with van der Waals surface area (Å²) < 4.78 is 5.01. The molecule has 3 unspecified atom stereocenters. The van der Waals surface area contributed by atoms with Gasteiger partial charge in [0, 0.05) is 0 Å². The minimum atomic E-state index is -0.684. The van der Waals surface area contributed by atoms with Crippen molar-refractivity contribution in [2.24, 2.45) is 21.6 Å². The van der Waals surface area contributed by atoms with E-state index in [0.29, 0.717) is 13.0 Å². The van der Waals surface area contributed by atoms with E-state index >= 15 is 0 Å². The van der Waals surface area contributed by atoms with E-state index in [9.17, 15) is 9.59 Å². The van der Waals surface area contributed by atoms with Crippen LogP contribution in [0, 0.1) is 10.8 Å². The van der Waals surface area contributed by atoms with Crippen LogP contribution in [-0.2, 0) is 14.3 Å². The number of nitrogens with zero attached hydrogens (tertiary/aromatic N) is 1. The molecule has 0 aromatic carbocycles. The van der Waals surface area contributed by atoms with E-state index in [1.165, 1.54) is 0 Å². The molecule has 1 fully saturated rings. The molecule has 0 aliphatic heterocycles. The Bertz CT molecular complexity index is 388. The lowest BCUT2D eigenvalue weighted by molar-refractivity contribution is -0.149. The highest BCUT2D eigenvalue weighted by molar-refractivity contribution is 5.76. The number of isocyanates is 1. The topological polar surface area (TPSA) is 81.8 Å². The molecule has 0 spiro atoms. The summed E-state index contributed by atoms with van der Waals surface area (Å²) >= 11 is 0. The van der Waals surface area contributed by atoms with Crippen LogP contribution in [0.15, 0.2) is 4.99 Å².